The maximum absolute atomic E-state index is 12.7. The Morgan fingerprint density at radius 1 is 1.33 bits per heavy atom. The van der Waals surface area contributed by atoms with E-state index in [0.29, 0.717) is 25.1 Å². The second kappa shape index (κ2) is 4.91. The van der Waals surface area contributed by atoms with Crippen LogP contribution in [0.2, 0.25) is 0 Å². The molecule has 1 aromatic heterocycles. The van der Waals surface area contributed by atoms with Crippen LogP contribution in [0.1, 0.15) is 23.7 Å². The monoisotopic (exact) mass is 286 g/mol. The largest absolute Gasteiger partial charge is 0.469 e. The molecule has 21 heavy (non-hydrogen) atoms. The Hall–Kier alpha value is -2.30. The number of aromatic nitrogens is 1. The van der Waals surface area contributed by atoms with E-state index in [4.69, 9.17) is 4.74 Å². The van der Waals surface area contributed by atoms with E-state index in [0.717, 1.165) is 10.9 Å². The van der Waals surface area contributed by atoms with Crippen molar-refractivity contribution in [2.45, 2.75) is 13.3 Å². The van der Waals surface area contributed by atoms with Crippen molar-refractivity contribution in [2.75, 3.05) is 20.2 Å². The zero-order chi connectivity index (χ0) is 15.0. The number of ether oxygens (including phenoxy) is 1. The molecule has 2 aromatic rings. The van der Waals surface area contributed by atoms with Gasteiger partial charge in [-0.3, -0.25) is 9.59 Å². The average Bonchev–Trinajstić information content (AvgIpc) is 3.12. The lowest BCUT2D eigenvalue weighted by Gasteiger charge is -2.22. The van der Waals surface area contributed by atoms with Crippen molar-refractivity contribution in [1.82, 2.24) is 9.88 Å². The SMILES string of the molecule is COC(=O)[C@]1(C)CCN(C(=O)c2cccc3cc[nH]c23)C1. The molecule has 1 fully saturated rings. The molecule has 2 heterocycles. The van der Waals surface area contributed by atoms with E-state index in [1.807, 2.05) is 37.4 Å². The maximum Gasteiger partial charge on any atom is 0.313 e. The van der Waals surface area contributed by atoms with E-state index >= 15 is 0 Å². The summed E-state index contributed by atoms with van der Waals surface area (Å²) in [6.45, 7) is 2.82. The number of methoxy groups -OCH3 is 1. The summed E-state index contributed by atoms with van der Waals surface area (Å²) in [6, 6.07) is 7.59. The van der Waals surface area contributed by atoms with Gasteiger partial charge in [0, 0.05) is 24.7 Å². The minimum absolute atomic E-state index is 0.0457. The standard InChI is InChI=1S/C16H18N2O3/c1-16(15(20)21-2)7-9-18(10-16)14(19)12-5-3-4-11-6-8-17-13(11)12/h3-6,8,17H,7,9-10H2,1-2H3/t16-/m1/s1. The van der Waals surface area contributed by atoms with Crippen molar-refractivity contribution >= 4 is 22.8 Å². The molecule has 1 aliphatic rings. The summed E-state index contributed by atoms with van der Waals surface area (Å²) in [5.41, 5.74) is 0.884. The van der Waals surface area contributed by atoms with Gasteiger partial charge in [-0.15, -0.1) is 0 Å². The average molecular weight is 286 g/mol. The van der Waals surface area contributed by atoms with Gasteiger partial charge in [0.25, 0.3) is 5.91 Å². The first-order valence-electron chi connectivity index (χ1n) is 6.99. The number of fused-ring (bicyclic) bond motifs is 1. The fraction of sp³-hybridized carbons (Fsp3) is 0.375. The lowest BCUT2D eigenvalue weighted by atomic mass is 9.90. The molecule has 0 spiro atoms. The highest BCUT2D eigenvalue weighted by molar-refractivity contribution is 6.06. The summed E-state index contributed by atoms with van der Waals surface area (Å²) in [6.07, 6.45) is 2.45. The number of benzene rings is 1. The van der Waals surface area contributed by atoms with Crippen LogP contribution < -0.4 is 0 Å². The van der Waals surface area contributed by atoms with E-state index in [2.05, 4.69) is 4.98 Å². The number of likely N-dealkylation sites (tertiary alicyclic amines) is 1. The highest BCUT2D eigenvalue weighted by Gasteiger charge is 2.43. The summed E-state index contributed by atoms with van der Waals surface area (Å²) in [4.78, 5) is 29.4. The Labute approximate surface area is 122 Å². The fourth-order valence-corrected chi connectivity index (χ4v) is 2.98. The fourth-order valence-electron chi connectivity index (χ4n) is 2.98. The number of nitrogens with one attached hydrogen (secondary N) is 1. The van der Waals surface area contributed by atoms with Crippen molar-refractivity contribution < 1.29 is 14.3 Å². The van der Waals surface area contributed by atoms with E-state index < -0.39 is 5.41 Å². The van der Waals surface area contributed by atoms with E-state index in [1.165, 1.54) is 7.11 Å². The van der Waals surface area contributed by atoms with Crippen molar-refractivity contribution in [3.05, 3.63) is 36.0 Å². The highest BCUT2D eigenvalue weighted by atomic mass is 16.5. The van der Waals surface area contributed by atoms with Gasteiger partial charge >= 0.3 is 5.97 Å². The lowest BCUT2D eigenvalue weighted by molar-refractivity contribution is -0.150. The van der Waals surface area contributed by atoms with Crippen LogP contribution >= 0.6 is 0 Å². The first kappa shape index (κ1) is 13.7. The van der Waals surface area contributed by atoms with Crippen LogP contribution in [0.25, 0.3) is 10.9 Å². The molecule has 3 rings (SSSR count). The molecule has 5 heteroatoms. The highest BCUT2D eigenvalue weighted by Crippen LogP contribution is 2.32. The minimum atomic E-state index is -0.603. The third-order valence-electron chi connectivity index (χ3n) is 4.26. The molecule has 5 nitrogen and oxygen atoms in total. The molecule has 110 valence electrons. The quantitative estimate of drug-likeness (QED) is 0.861. The van der Waals surface area contributed by atoms with Crippen molar-refractivity contribution in [3.63, 3.8) is 0 Å². The number of esters is 1. The number of H-pyrrole nitrogens is 1. The number of para-hydroxylation sites is 1. The Morgan fingerprint density at radius 2 is 2.14 bits per heavy atom. The van der Waals surface area contributed by atoms with Crippen molar-refractivity contribution in [3.8, 4) is 0 Å². The summed E-state index contributed by atoms with van der Waals surface area (Å²) in [5.74, 6) is -0.299. The number of carbonyl (C=O) groups is 2. The normalized spacial score (nSPS) is 21.7. The van der Waals surface area contributed by atoms with Gasteiger partial charge in [0.2, 0.25) is 0 Å². The van der Waals surface area contributed by atoms with Gasteiger partial charge in [0.1, 0.15) is 0 Å². The van der Waals surface area contributed by atoms with Gasteiger partial charge in [0.15, 0.2) is 0 Å². The molecule has 1 aliphatic heterocycles. The van der Waals surface area contributed by atoms with Gasteiger partial charge in [-0.1, -0.05) is 12.1 Å². The third-order valence-corrected chi connectivity index (χ3v) is 4.26. The summed E-state index contributed by atoms with van der Waals surface area (Å²) in [5, 5.41) is 1.01. The van der Waals surface area contributed by atoms with Crippen LogP contribution in [0.5, 0.6) is 0 Å². The maximum atomic E-state index is 12.7. The van der Waals surface area contributed by atoms with Gasteiger partial charge in [-0.05, 0) is 25.5 Å². The number of amides is 1. The Balaban J connectivity index is 1.87. The summed E-state index contributed by atoms with van der Waals surface area (Å²) >= 11 is 0. The predicted octanol–water partition coefficient (Wildman–Crippen LogP) is 2.19. The number of hydrogen-bond donors (Lipinski definition) is 1. The number of hydrogen-bond acceptors (Lipinski definition) is 3. The zero-order valence-electron chi connectivity index (χ0n) is 12.2. The predicted molar refractivity (Wildman–Crippen MR) is 78.9 cm³/mol. The molecular formula is C16H18N2O3. The molecule has 1 N–H and O–H groups in total. The number of rotatable bonds is 2. The summed E-state index contributed by atoms with van der Waals surface area (Å²) < 4.78 is 4.85. The van der Waals surface area contributed by atoms with Crippen molar-refractivity contribution in [2.24, 2.45) is 5.41 Å². The third kappa shape index (κ3) is 2.18. The first-order chi connectivity index (χ1) is 10.0. The smallest absolute Gasteiger partial charge is 0.313 e. The van der Waals surface area contributed by atoms with E-state index in [9.17, 15) is 9.59 Å². The Morgan fingerprint density at radius 3 is 2.90 bits per heavy atom. The van der Waals surface area contributed by atoms with E-state index in [1.54, 1.807) is 4.90 Å². The molecule has 0 radical (unpaired) electrons. The molecular weight excluding hydrogens is 268 g/mol. The van der Waals surface area contributed by atoms with Crippen LogP contribution in [-0.4, -0.2) is 42.0 Å². The Kier molecular flexibility index (Phi) is 3.20. The Bertz CT molecular complexity index is 706. The van der Waals surface area contributed by atoms with Gasteiger partial charge in [-0.2, -0.15) is 0 Å². The second-order valence-corrected chi connectivity index (χ2v) is 5.78. The van der Waals surface area contributed by atoms with Gasteiger partial charge < -0.3 is 14.6 Å². The number of nitrogens with zero attached hydrogens (tertiary/aromatic N) is 1. The molecule has 1 atom stereocenters. The van der Waals surface area contributed by atoms with Crippen LogP contribution in [0.3, 0.4) is 0 Å². The molecule has 1 aromatic carbocycles. The van der Waals surface area contributed by atoms with Crippen LogP contribution in [0.15, 0.2) is 30.5 Å². The molecule has 1 saturated heterocycles. The second-order valence-electron chi connectivity index (χ2n) is 5.78. The molecule has 0 saturated carbocycles. The molecule has 0 unspecified atom stereocenters. The van der Waals surface area contributed by atoms with Gasteiger partial charge in [0.05, 0.1) is 23.6 Å². The first-order valence-corrected chi connectivity index (χ1v) is 6.99. The zero-order valence-corrected chi connectivity index (χ0v) is 12.2. The molecule has 0 bridgehead atoms. The lowest BCUT2D eigenvalue weighted by Crippen LogP contribution is -2.35. The number of carbonyl (C=O) groups excluding carboxylic acids is 2. The topological polar surface area (TPSA) is 62.4 Å². The van der Waals surface area contributed by atoms with E-state index in [-0.39, 0.29) is 11.9 Å². The molecule has 0 aliphatic carbocycles. The number of aromatic amines is 1. The van der Waals surface area contributed by atoms with Crippen molar-refractivity contribution in [1.29, 1.82) is 0 Å². The molecule has 1 amide bonds. The van der Waals surface area contributed by atoms with Crippen LogP contribution in [-0.2, 0) is 9.53 Å². The van der Waals surface area contributed by atoms with Gasteiger partial charge in [-0.25, -0.2) is 0 Å². The minimum Gasteiger partial charge on any atom is -0.469 e. The summed E-state index contributed by atoms with van der Waals surface area (Å²) in [7, 11) is 1.39. The van der Waals surface area contributed by atoms with Crippen LogP contribution in [0.4, 0.5) is 0 Å². The van der Waals surface area contributed by atoms with Crippen LogP contribution in [0, 0.1) is 5.41 Å².